The van der Waals surface area contributed by atoms with Crippen molar-refractivity contribution in [2.24, 2.45) is 0 Å². The first-order valence-corrected chi connectivity index (χ1v) is 9.89. The molecule has 0 aliphatic carbocycles. The summed E-state index contributed by atoms with van der Waals surface area (Å²) in [7, 11) is 0. The number of aryl methyl sites for hydroxylation is 2. The second-order valence-electron chi connectivity index (χ2n) is 6.67. The Bertz CT molecular complexity index is 1150. The van der Waals surface area contributed by atoms with Gasteiger partial charge in [0.05, 0.1) is 17.6 Å². The summed E-state index contributed by atoms with van der Waals surface area (Å²) in [4.78, 5) is 17.2. The molecule has 0 aliphatic rings. The van der Waals surface area contributed by atoms with Crippen molar-refractivity contribution in [3.05, 3.63) is 65.7 Å². The molecule has 0 fully saturated rings. The molecule has 154 valence electrons. The predicted molar refractivity (Wildman–Crippen MR) is 111 cm³/mol. The number of imidazole rings is 1. The lowest BCUT2D eigenvalue weighted by molar-refractivity contribution is 0.0949. The highest BCUT2D eigenvalue weighted by Gasteiger charge is 2.12. The molecule has 1 N–H and O–H groups in total. The zero-order valence-electron chi connectivity index (χ0n) is 16.9. The van der Waals surface area contributed by atoms with Crippen molar-refractivity contribution in [1.29, 1.82) is 0 Å². The topological polar surface area (TPSA) is 99.8 Å². The number of fused-ring (bicyclic) bond motifs is 1. The first kappa shape index (κ1) is 19.6. The van der Waals surface area contributed by atoms with Crippen LogP contribution in [0.3, 0.4) is 0 Å². The number of rotatable bonds is 8. The Balaban J connectivity index is 1.37. The van der Waals surface area contributed by atoms with E-state index >= 15 is 0 Å². The van der Waals surface area contributed by atoms with Gasteiger partial charge in [0.1, 0.15) is 18.2 Å². The van der Waals surface area contributed by atoms with Gasteiger partial charge in [-0.3, -0.25) is 4.79 Å². The van der Waals surface area contributed by atoms with Crippen LogP contribution in [-0.4, -0.2) is 35.7 Å². The molecule has 1 amide bonds. The van der Waals surface area contributed by atoms with Crippen LogP contribution in [0.25, 0.3) is 11.0 Å². The first-order valence-electron chi connectivity index (χ1n) is 9.89. The molecule has 0 atom stereocenters. The van der Waals surface area contributed by atoms with Crippen LogP contribution >= 0.6 is 0 Å². The molecule has 0 bridgehead atoms. The zero-order valence-corrected chi connectivity index (χ0v) is 16.9. The highest BCUT2D eigenvalue weighted by Crippen LogP contribution is 2.17. The molecule has 2 aromatic carbocycles. The van der Waals surface area contributed by atoms with Crippen LogP contribution < -0.4 is 10.1 Å². The molecule has 2 aromatic heterocycles. The number of hydrogen-bond acceptors (Lipinski definition) is 6. The smallest absolute Gasteiger partial charge is 0.251 e. The van der Waals surface area contributed by atoms with Crippen LogP contribution in [-0.2, 0) is 26.2 Å². The fourth-order valence-corrected chi connectivity index (χ4v) is 3.30. The van der Waals surface area contributed by atoms with Crippen LogP contribution in [0, 0.1) is 0 Å². The fourth-order valence-electron chi connectivity index (χ4n) is 3.30. The van der Waals surface area contributed by atoms with E-state index in [1.54, 1.807) is 28.9 Å². The molecular formula is C21H23N7O2. The van der Waals surface area contributed by atoms with Gasteiger partial charge < -0.3 is 14.6 Å². The van der Waals surface area contributed by atoms with Gasteiger partial charge in [0.2, 0.25) is 0 Å². The van der Waals surface area contributed by atoms with Crippen LogP contribution in [0.2, 0.25) is 0 Å². The van der Waals surface area contributed by atoms with Crippen molar-refractivity contribution in [3.8, 4) is 5.75 Å². The molecule has 0 spiro atoms. The van der Waals surface area contributed by atoms with Crippen LogP contribution in [0.15, 0.2) is 48.5 Å². The van der Waals surface area contributed by atoms with Crippen molar-refractivity contribution in [2.75, 3.05) is 0 Å². The Morgan fingerprint density at radius 3 is 2.60 bits per heavy atom. The Labute approximate surface area is 173 Å². The molecule has 0 radical (unpaired) electrons. The Morgan fingerprint density at radius 1 is 1.03 bits per heavy atom. The number of amides is 1. The summed E-state index contributed by atoms with van der Waals surface area (Å²) < 4.78 is 9.49. The molecule has 0 saturated carbocycles. The third-order valence-corrected chi connectivity index (χ3v) is 4.85. The van der Waals surface area contributed by atoms with Gasteiger partial charge in [0, 0.05) is 18.7 Å². The number of carbonyl (C=O) groups is 1. The number of benzene rings is 2. The van der Waals surface area contributed by atoms with Crippen molar-refractivity contribution < 1.29 is 9.53 Å². The SMILES string of the molecule is CCn1nnnc1COc1ccc(C(=O)NCc2nc3ccccc3n2CC)cc1. The van der Waals surface area contributed by atoms with E-state index in [4.69, 9.17) is 4.74 Å². The Morgan fingerprint density at radius 2 is 1.83 bits per heavy atom. The van der Waals surface area contributed by atoms with E-state index in [0.29, 0.717) is 30.2 Å². The summed E-state index contributed by atoms with van der Waals surface area (Å²) in [5.74, 6) is 1.97. The average molecular weight is 405 g/mol. The van der Waals surface area contributed by atoms with Crippen molar-refractivity contribution in [2.45, 2.75) is 40.1 Å². The van der Waals surface area contributed by atoms with Gasteiger partial charge in [-0.15, -0.1) is 5.10 Å². The van der Waals surface area contributed by atoms with E-state index in [-0.39, 0.29) is 12.5 Å². The van der Waals surface area contributed by atoms with E-state index in [1.807, 2.05) is 31.2 Å². The van der Waals surface area contributed by atoms with Gasteiger partial charge >= 0.3 is 0 Å². The second-order valence-corrected chi connectivity index (χ2v) is 6.67. The minimum atomic E-state index is -0.161. The van der Waals surface area contributed by atoms with Crippen molar-refractivity contribution >= 4 is 16.9 Å². The number of tetrazole rings is 1. The maximum atomic E-state index is 12.6. The molecule has 0 saturated heterocycles. The van der Waals surface area contributed by atoms with E-state index in [9.17, 15) is 4.79 Å². The maximum Gasteiger partial charge on any atom is 0.251 e. The summed E-state index contributed by atoms with van der Waals surface area (Å²) in [5, 5.41) is 14.4. The van der Waals surface area contributed by atoms with E-state index in [0.717, 1.165) is 23.4 Å². The van der Waals surface area contributed by atoms with Crippen molar-refractivity contribution in [3.63, 3.8) is 0 Å². The summed E-state index contributed by atoms with van der Waals surface area (Å²) in [5.41, 5.74) is 2.55. The normalized spacial score (nSPS) is 11.0. The summed E-state index contributed by atoms with van der Waals surface area (Å²) >= 11 is 0. The van der Waals surface area contributed by atoms with Gasteiger partial charge in [0.15, 0.2) is 5.82 Å². The van der Waals surface area contributed by atoms with Crippen LogP contribution in [0.5, 0.6) is 5.75 Å². The standard InChI is InChI=1S/C21H23N7O2/c1-3-27-18-8-6-5-7-17(18)23-19(27)13-22-21(29)15-9-11-16(12-10-15)30-14-20-24-25-26-28(20)4-2/h5-12H,3-4,13-14H2,1-2H3,(H,22,29). The predicted octanol–water partition coefficient (Wildman–Crippen LogP) is 2.57. The highest BCUT2D eigenvalue weighted by atomic mass is 16.5. The molecule has 30 heavy (non-hydrogen) atoms. The lowest BCUT2D eigenvalue weighted by atomic mass is 10.2. The molecule has 4 aromatic rings. The second kappa shape index (κ2) is 8.73. The number of nitrogens with zero attached hydrogens (tertiary/aromatic N) is 6. The van der Waals surface area contributed by atoms with E-state index in [2.05, 4.69) is 37.3 Å². The van der Waals surface area contributed by atoms with Gasteiger partial charge in [-0.2, -0.15) is 0 Å². The number of hydrogen-bond donors (Lipinski definition) is 1. The summed E-state index contributed by atoms with van der Waals surface area (Å²) in [6.07, 6.45) is 0. The number of aromatic nitrogens is 6. The minimum absolute atomic E-state index is 0.161. The molecule has 0 aliphatic heterocycles. The number of ether oxygens (including phenoxy) is 1. The number of nitrogens with one attached hydrogen (secondary N) is 1. The van der Waals surface area contributed by atoms with Crippen LogP contribution in [0.1, 0.15) is 35.9 Å². The summed E-state index contributed by atoms with van der Waals surface area (Å²) in [6.45, 7) is 6.12. The monoisotopic (exact) mass is 405 g/mol. The van der Waals surface area contributed by atoms with E-state index in [1.165, 1.54) is 0 Å². The molecule has 9 heteroatoms. The lowest BCUT2D eigenvalue weighted by Gasteiger charge is -2.09. The zero-order chi connectivity index (χ0) is 20.9. The highest BCUT2D eigenvalue weighted by molar-refractivity contribution is 5.94. The lowest BCUT2D eigenvalue weighted by Crippen LogP contribution is -2.24. The molecule has 2 heterocycles. The molecule has 4 rings (SSSR count). The third kappa shape index (κ3) is 4.00. The largest absolute Gasteiger partial charge is 0.486 e. The van der Waals surface area contributed by atoms with Gasteiger partial charge in [0.25, 0.3) is 5.91 Å². The minimum Gasteiger partial charge on any atom is -0.486 e. The third-order valence-electron chi connectivity index (χ3n) is 4.85. The average Bonchev–Trinajstić information content (AvgIpc) is 3.39. The fraction of sp³-hybridized carbons (Fsp3) is 0.286. The number of para-hydroxylation sites is 2. The Kier molecular flexibility index (Phi) is 5.69. The van der Waals surface area contributed by atoms with Gasteiger partial charge in [-0.05, 0) is 60.7 Å². The maximum absolute atomic E-state index is 12.6. The van der Waals surface area contributed by atoms with Crippen molar-refractivity contribution in [1.82, 2.24) is 35.1 Å². The van der Waals surface area contributed by atoms with Crippen LogP contribution in [0.4, 0.5) is 0 Å². The van der Waals surface area contributed by atoms with Gasteiger partial charge in [-0.25, -0.2) is 9.67 Å². The first-order chi connectivity index (χ1) is 14.7. The van der Waals surface area contributed by atoms with Gasteiger partial charge in [-0.1, -0.05) is 12.1 Å². The molecule has 0 unspecified atom stereocenters. The number of carbonyl (C=O) groups excluding carboxylic acids is 1. The molecular weight excluding hydrogens is 382 g/mol. The quantitative estimate of drug-likeness (QED) is 0.484. The molecule has 9 nitrogen and oxygen atoms in total. The summed E-state index contributed by atoms with van der Waals surface area (Å²) in [6, 6.07) is 15.0. The van der Waals surface area contributed by atoms with E-state index < -0.39 is 0 Å². The Hall–Kier alpha value is -3.75.